The van der Waals surface area contributed by atoms with Gasteiger partial charge in [-0.25, -0.2) is 4.79 Å². The summed E-state index contributed by atoms with van der Waals surface area (Å²) in [6.07, 6.45) is 1.10. The van der Waals surface area contributed by atoms with Crippen molar-refractivity contribution in [1.82, 2.24) is 0 Å². The van der Waals surface area contributed by atoms with Crippen LogP contribution in [0.25, 0.3) is 0 Å². The van der Waals surface area contributed by atoms with Crippen molar-refractivity contribution in [2.24, 2.45) is 0 Å². The van der Waals surface area contributed by atoms with Crippen LogP contribution in [-0.2, 0) is 16.1 Å². The SMILES string of the molecule is [B]Oc1cc(COC(=O)C=C)cc(OC)c1. The van der Waals surface area contributed by atoms with Gasteiger partial charge < -0.3 is 14.1 Å². The molecule has 0 heterocycles. The number of hydrogen-bond acceptors (Lipinski definition) is 4. The molecular weight excluding hydrogens is 207 g/mol. The first kappa shape index (κ1) is 12.2. The lowest BCUT2D eigenvalue weighted by Gasteiger charge is -2.08. The molecule has 0 spiro atoms. The average molecular weight is 218 g/mol. The molecule has 1 aromatic rings. The Morgan fingerprint density at radius 1 is 1.44 bits per heavy atom. The van der Waals surface area contributed by atoms with Crippen LogP contribution in [0.2, 0.25) is 0 Å². The van der Waals surface area contributed by atoms with E-state index < -0.39 is 5.97 Å². The molecule has 4 nitrogen and oxygen atoms in total. The lowest BCUT2D eigenvalue weighted by Crippen LogP contribution is -2.01. The number of rotatable bonds is 5. The van der Waals surface area contributed by atoms with Crippen LogP contribution in [0.1, 0.15) is 5.56 Å². The Balaban J connectivity index is 2.78. The molecule has 16 heavy (non-hydrogen) atoms. The monoisotopic (exact) mass is 218 g/mol. The van der Waals surface area contributed by atoms with E-state index in [0.29, 0.717) is 11.5 Å². The minimum Gasteiger partial charge on any atom is -0.568 e. The summed E-state index contributed by atoms with van der Waals surface area (Å²) in [5.41, 5.74) is 0.718. The molecule has 2 radical (unpaired) electrons. The van der Waals surface area contributed by atoms with Gasteiger partial charge in [0.05, 0.1) is 7.11 Å². The van der Waals surface area contributed by atoms with E-state index in [0.717, 1.165) is 11.6 Å². The fraction of sp³-hybridized carbons (Fsp3) is 0.182. The molecule has 0 saturated carbocycles. The van der Waals surface area contributed by atoms with Crippen molar-refractivity contribution in [3.63, 3.8) is 0 Å². The highest BCUT2D eigenvalue weighted by Crippen LogP contribution is 2.22. The summed E-state index contributed by atoms with van der Waals surface area (Å²) >= 11 is 0. The zero-order valence-corrected chi connectivity index (χ0v) is 8.93. The Morgan fingerprint density at radius 3 is 2.69 bits per heavy atom. The van der Waals surface area contributed by atoms with Crippen LogP contribution in [0, 0.1) is 0 Å². The minimum atomic E-state index is -0.488. The molecule has 0 bridgehead atoms. The van der Waals surface area contributed by atoms with Crippen LogP contribution < -0.4 is 9.39 Å². The summed E-state index contributed by atoms with van der Waals surface area (Å²) in [5, 5.41) is 0. The summed E-state index contributed by atoms with van der Waals surface area (Å²) in [4.78, 5) is 10.9. The van der Waals surface area contributed by atoms with Crippen molar-refractivity contribution >= 4 is 14.0 Å². The van der Waals surface area contributed by atoms with Gasteiger partial charge in [-0.3, -0.25) is 0 Å². The van der Waals surface area contributed by atoms with E-state index in [1.54, 1.807) is 18.2 Å². The van der Waals surface area contributed by atoms with Crippen LogP contribution >= 0.6 is 0 Å². The molecule has 1 rings (SSSR count). The molecule has 0 aromatic heterocycles. The van der Waals surface area contributed by atoms with Gasteiger partial charge in [0.1, 0.15) is 18.1 Å². The lowest BCUT2D eigenvalue weighted by molar-refractivity contribution is -0.138. The third kappa shape index (κ3) is 3.35. The first-order valence-electron chi connectivity index (χ1n) is 4.53. The fourth-order valence-corrected chi connectivity index (χ4v) is 1.11. The van der Waals surface area contributed by atoms with E-state index in [4.69, 9.17) is 17.5 Å². The molecule has 0 aliphatic carbocycles. The first-order chi connectivity index (χ1) is 7.69. The van der Waals surface area contributed by atoms with Gasteiger partial charge in [0, 0.05) is 12.1 Å². The van der Waals surface area contributed by atoms with E-state index in [1.165, 1.54) is 7.11 Å². The fourth-order valence-electron chi connectivity index (χ4n) is 1.11. The molecule has 82 valence electrons. The van der Waals surface area contributed by atoms with Crippen molar-refractivity contribution in [2.45, 2.75) is 6.61 Å². The summed E-state index contributed by atoms with van der Waals surface area (Å²) in [6.45, 7) is 3.41. The molecule has 0 N–H and O–H groups in total. The highest BCUT2D eigenvalue weighted by atomic mass is 16.5. The number of carbonyl (C=O) groups is 1. The van der Waals surface area contributed by atoms with Crippen LogP contribution in [0.4, 0.5) is 0 Å². The van der Waals surface area contributed by atoms with Crippen molar-refractivity contribution in [1.29, 1.82) is 0 Å². The second kappa shape index (κ2) is 5.85. The molecule has 0 unspecified atom stereocenters. The summed E-state index contributed by atoms with van der Waals surface area (Å²) in [7, 11) is 6.57. The topological polar surface area (TPSA) is 44.8 Å². The second-order valence-corrected chi connectivity index (χ2v) is 2.95. The number of hydrogen-bond donors (Lipinski definition) is 0. The quantitative estimate of drug-likeness (QED) is 0.425. The van der Waals surface area contributed by atoms with Gasteiger partial charge in [-0.05, 0) is 17.7 Å². The van der Waals surface area contributed by atoms with Crippen molar-refractivity contribution < 1.29 is 18.9 Å². The maximum absolute atomic E-state index is 10.9. The molecule has 0 aliphatic heterocycles. The molecule has 0 fully saturated rings. The minimum absolute atomic E-state index is 0.110. The van der Waals surface area contributed by atoms with E-state index in [-0.39, 0.29) is 6.61 Å². The number of benzene rings is 1. The van der Waals surface area contributed by atoms with Crippen LogP contribution in [0.5, 0.6) is 11.5 Å². The van der Waals surface area contributed by atoms with Crippen molar-refractivity contribution in [3.8, 4) is 11.5 Å². The van der Waals surface area contributed by atoms with Crippen LogP contribution in [-0.4, -0.2) is 21.1 Å². The lowest BCUT2D eigenvalue weighted by atomic mass is 10.2. The Bertz CT molecular complexity index is 367. The highest BCUT2D eigenvalue weighted by Gasteiger charge is 2.03. The molecular formula is C11H11BO4. The van der Waals surface area contributed by atoms with Gasteiger partial charge >= 0.3 is 14.0 Å². The molecule has 0 amide bonds. The van der Waals surface area contributed by atoms with E-state index in [2.05, 4.69) is 11.2 Å². The molecule has 0 saturated heterocycles. The van der Waals surface area contributed by atoms with E-state index >= 15 is 0 Å². The van der Waals surface area contributed by atoms with Crippen LogP contribution in [0.15, 0.2) is 30.9 Å². The first-order valence-corrected chi connectivity index (χ1v) is 4.53. The molecule has 0 aliphatic rings. The second-order valence-electron chi connectivity index (χ2n) is 2.95. The Hall–Kier alpha value is -1.91. The molecule has 0 atom stereocenters. The maximum Gasteiger partial charge on any atom is 0.374 e. The number of ether oxygens (including phenoxy) is 2. The van der Waals surface area contributed by atoms with E-state index in [1.807, 2.05) is 0 Å². The van der Waals surface area contributed by atoms with E-state index in [9.17, 15) is 4.79 Å². The average Bonchev–Trinajstić information content (AvgIpc) is 2.35. The number of carbonyl (C=O) groups excluding carboxylic acids is 1. The molecule has 5 heteroatoms. The number of methoxy groups -OCH3 is 1. The zero-order valence-electron chi connectivity index (χ0n) is 8.93. The summed E-state index contributed by atoms with van der Waals surface area (Å²) in [6, 6.07) is 5.00. The largest absolute Gasteiger partial charge is 0.568 e. The predicted molar refractivity (Wildman–Crippen MR) is 59.4 cm³/mol. The van der Waals surface area contributed by atoms with Gasteiger partial charge in [-0.1, -0.05) is 6.58 Å². The maximum atomic E-state index is 10.9. The van der Waals surface area contributed by atoms with Gasteiger partial charge in [0.2, 0.25) is 0 Å². The Kier molecular flexibility index (Phi) is 4.45. The van der Waals surface area contributed by atoms with Crippen molar-refractivity contribution in [3.05, 3.63) is 36.4 Å². The normalized spacial score (nSPS) is 9.31. The highest BCUT2D eigenvalue weighted by molar-refractivity contribution is 6.00. The zero-order chi connectivity index (χ0) is 12.0. The summed E-state index contributed by atoms with van der Waals surface area (Å²) in [5.74, 6) is 0.523. The number of esters is 1. The molecule has 1 aromatic carbocycles. The van der Waals surface area contributed by atoms with Gasteiger partial charge in [-0.2, -0.15) is 0 Å². The third-order valence-corrected chi connectivity index (χ3v) is 1.86. The van der Waals surface area contributed by atoms with Gasteiger partial charge in [-0.15, -0.1) is 0 Å². The smallest absolute Gasteiger partial charge is 0.374 e. The predicted octanol–water partition coefficient (Wildman–Crippen LogP) is 1.39. The van der Waals surface area contributed by atoms with Crippen molar-refractivity contribution in [2.75, 3.05) is 7.11 Å². The van der Waals surface area contributed by atoms with Gasteiger partial charge in [0.25, 0.3) is 0 Å². The Labute approximate surface area is 95.3 Å². The Morgan fingerprint density at radius 2 is 2.12 bits per heavy atom. The summed E-state index contributed by atoms with van der Waals surface area (Å²) < 4.78 is 14.5. The van der Waals surface area contributed by atoms with Crippen LogP contribution in [0.3, 0.4) is 0 Å². The standard InChI is InChI=1S/C11H11BO4/c1-3-11(13)15-7-8-4-9(14-2)6-10(5-8)16-12/h3-6H,1,7H2,2H3. The van der Waals surface area contributed by atoms with Gasteiger partial charge in [0.15, 0.2) is 0 Å². The third-order valence-electron chi connectivity index (χ3n) is 1.86.